The zero-order valence-electron chi connectivity index (χ0n) is 15.7. The van der Waals surface area contributed by atoms with Gasteiger partial charge in [0, 0.05) is 19.3 Å². The molecule has 0 spiro atoms. The second kappa shape index (κ2) is 7.62. The highest BCUT2D eigenvalue weighted by Crippen LogP contribution is 2.48. The number of likely N-dealkylation sites (tertiary alicyclic amines) is 1. The van der Waals surface area contributed by atoms with E-state index >= 15 is 0 Å². The Labute approximate surface area is 164 Å². The molecule has 2 atom stereocenters. The summed E-state index contributed by atoms with van der Waals surface area (Å²) in [6.45, 7) is 1.30. The molecule has 1 aromatic carbocycles. The van der Waals surface area contributed by atoms with Gasteiger partial charge in [-0.3, -0.25) is 14.6 Å². The van der Waals surface area contributed by atoms with Crippen LogP contribution < -0.4 is 4.74 Å². The lowest BCUT2D eigenvalue weighted by molar-refractivity contribution is -0.149. The third-order valence-corrected chi connectivity index (χ3v) is 6.04. The van der Waals surface area contributed by atoms with Crippen molar-refractivity contribution in [3.05, 3.63) is 59.9 Å². The molecule has 2 fully saturated rings. The monoisotopic (exact) mass is 380 g/mol. The van der Waals surface area contributed by atoms with E-state index in [2.05, 4.69) is 4.98 Å². The van der Waals surface area contributed by atoms with Gasteiger partial charge in [-0.2, -0.15) is 0 Å². The van der Waals surface area contributed by atoms with Gasteiger partial charge in [0.1, 0.15) is 12.4 Å². The number of nitrogens with zero attached hydrogens (tertiary/aromatic N) is 2. The maximum atomic E-state index is 12.7. The molecular weight excluding hydrogens is 356 g/mol. The molecule has 1 N–H and O–H groups in total. The van der Waals surface area contributed by atoms with Gasteiger partial charge in [-0.1, -0.05) is 24.6 Å². The smallest absolute Gasteiger partial charge is 0.311 e. The Morgan fingerprint density at radius 3 is 2.71 bits per heavy atom. The zero-order chi connectivity index (χ0) is 19.6. The number of carboxylic acid groups (broad SMARTS) is 1. The maximum Gasteiger partial charge on any atom is 0.311 e. The van der Waals surface area contributed by atoms with Gasteiger partial charge in [0.05, 0.1) is 17.5 Å². The summed E-state index contributed by atoms with van der Waals surface area (Å²) in [6.07, 6.45) is 4.54. The fourth-order valence-electron chi connectivity index (χ4n) is 4.46. The minimum Gasteiger partial charge on any atom is -0.487 e. The number of ether oxygens (including phenoxy) is 1. The molecule has 0 unspecified atom stereocenters. The second-order valence-electron chi connectivity index (χ2n) is 7.76. The number of amides is 1. The normalized spacial score (nSPS) is 23.4. The van der Waals surface area contributed by atoms with Crippen molar-refractivity contribution >= 4 is 11.9 Å². The molecular formula is C22H24N2O4. The molecule has 6 heteroatoms. The Hall–Kier alpha value is -2.89. The number of carbonyl (C=O) groups excluding carboxylic acids is 1. The van der Waals surface area contributed by atoms with Gasteiger partial charge in [-0.15, -0.1) is 0 Å². The topological polar surface area (TPSA) is 79.7 Å². The number of carboxylic acids is 1. The van der Waals surface area contributed by atoms with Crippen LogP contribution in [-0.2, 0) is 22.6 Å². The number of pyridine rings is 1. The Bertz CT molecular complexity index is 853. The van der Waals surface area contributed by atoms with Crippen LogP contribution in [0.25, 0.3) is 0 Å². The highest BCUT2D eigenvalue weighted by atomic mass is 16.5. The third kappa shape index (κ3) is 3.59. The molecule has 2 aliphatic rings. The fourth-order valence-corrected chi connectivity index (χ4v) is 4.46. The lowest BCUT2D eigenvalue weighted by atomic mass is 9.81. The minimum absolute atomic E-state index is 0.00261. The SMILES string of the molecule is O=C(Cc1ccc(OCc2ccccn2)cc1)N1C[C@@H]2CCC[C@@]2(C(=O)O)C1. The van der Waals surface area contributed by atoms with Crippen molar-refractivity contribution in [2.24, 2.45) is 11.3 Å². The van der Waals surface area contributed by atoms with E-state index in [-0.39, 0.29) is 18.2 Å². The molecule has 6 nitrogen and oxygen atoms in total. The highest BCUT2D eigenvalue weighted by molar-refractivity contribution is 5.82. The number of hydrogen-bond donors (Lipinski definition) is 1. The van der Waals surface area contributed by atoms with Crippen LogP contribution in [0.1, 0.15) is 30.5 Å². The first-order valence-corrected chi connectivity index (χ1v) is 9.70. The predicted octanol–water partition coefficient (Wildman–Crippen LogP) is 2.92. The molecule has 1 aromatic heterocycles. The van der Waals surface area contributed by atoms with E-state index in [0.29, 0.717) is 26.1 Å². The molecule has 0 radical (unpaired) electrons. The van der Waals surface area contributed by atoms with Crippen molar-refractivity contribution < 1.29 is 19.4 Å². The summed E-state index contributed by atoms with van der Waals surface area (Å²) in [5, 5.41) is 9.67. The van der Waals surface area contributed by atoms with Gasteiger partial charge in [0.15, 0.2) is 0 Å². The first-order valence-electron chi connectivity index (χ1n) is 9.70. The highest BCUT2D eigenvalue weighted by Gasteiger charge is 2.55. The van der Waals surface area contributed by atoms with Crippen LogP contribution in [0.15, 0.2) is 48.7 Å². The summed E-state index contributed by atoms with van der Waals surface area (Å²) in [5.41, 5.74) is 1.03. The number of aliphatic carboxylic acids is 1. The minimum atomic E-state index is -0.750. The number of fused-ring (bicyclic) bond motifs is 1. The molecule has 1 aliphatic heterocycles. The van der Waals surface area contributed by atoms with Gasteiger partial charge in [0.2, 0.25) is 5.91 Å². The van der Waals surface area contributed by atoms with Crippen LogP contribution in [0, 0.1) is 11.3 Å². The Morgan fingerprint density at radius 2 is 2.04 bits per heavy atom. The van der Waals surface area contributed by atoms with E-state index in [4.69, 9.17) is 4.74 Å². The largest absolute Gasteiger partial charge is 0.487 e. The third-order valence-electron chi connectivity index (χ3n) is 6.04. The molecule has 1 saturated carbocycles. The summed E-state index contributed by atoms with van der Waals surface area (Å²) < 4.78 is 5.72. The van der Waals surface area contributed by atoms with Gasteiger partial charge < -0.3 is 14.7 Å². The average molecular weight is 380 g/mol. The van der Waals surface area contributed by atoms with Crippen LogP contribution in [-0.4, -0.2) is 40.0 Å². The van der Waals surface area contributed by atoms with Crippen molar-refractivity contribution in [2.75, 3.05) is 13.1 Å². The lowest BCUT2D eigenvalue weighted by Gasteiger charge is -2.23. The van der Waals surface area contributed by atoms with Crippen molar-refractivity contribution in [2.45, 2.75) is 32.3 Å². The molecule has 1 amide bonds. The molecule has 28 heavy (non-hydrogen) atoms. The van der Waals surface area contributed by atoms with E-state index in [9.17, 15) is 14.7 Å². The molecule has 146 valence electrons. The summed E-state index contributed by atoms with van der Waals surface area (Å²) >= 11 is 0. The van der Waals surface area contributed by atoms with E-state index in [0.717, 1.165) is 29.8 Å². The van der Waals surface area contributed by atoms with Crippen molar-refractivity contribution in [1.29, 1.82) is 0 Å². The summed E-state index contributed by atoms with van der Waals surface area (Å²) in [5.74, 6) is 0.0654. The Kier molecular flexibility index (Phi) is 5.03. The van der Waals surface area contributed by atoms with E-state index in [1.54, 1.807) is 11.1 Å². The summed E-state index contributed by atoms with van der Waals surface area (Å²) in [7, 11) is 0. The van der Waals surface area contributed by atoms with Crippen molar-refractivity contribution in [3.8, 4) is 5.75 Å². The fraction of sp³-hybridized carbons (Fsp3) is 0.409. The van der Waals surface area contributed by atoms with Crippen LogP contribution in [0.3, 0.4) is 0 Å². The summed E-state index contributed by atoms with van der Waals surface area (Å²) in [4.78, 5) is 30.4. The molecule has 1 saturated heterocycles. The van der Waals surface area contributed by atoms with Crippen LogP contribution >= 0.6 is 0 Å². The first-order chi connectivity index (χ1) is 13.6. The van der Waals surface area contributed by atoms with E-state index < -0.39 is 11.4 Å². The van der Waals surface area contributed by atoms with Gasteiger partial charge in [-0.25, -0.2) is 0 Å². The molecule has 2 heterocycles. The van der Waals surface area contributed by atoms with Crippen LogP contribution in [0.5, 0.6) is 5.75 Å². The number of benzene rings is 1. The van der Waals surface area contributed by atoms with Crippen molar-refractivity contribution in [1.82, 2.24) is 9.88 Å². The summed E-state index contributed by atoms with van der Waals surface area (Å²) in [6, 6.07) is 13.2. The van der Waals surface area contributed by atoms with Crippen LogP contribution in [0.4, 0.5) is 0 Å². The number of aromatic nitrogens is 1. The zero-order valence-corrected chi connectivity index (χ0v) is 15.7. The van der Waals surface area contributed by atoms with Gasteiger partial charge in [0.25, 0.3) is 0 Å². The molecule has 1 aliphatic carbocycles. The Balaban J connectivity index is 1.33. The standard InChI is InChI=1S/C22H24N2O4/c25-20(24-13-17-4-3-10-22(17,15-24)21(26)27)12-16-6-8-19(9-7-16)28-14-18-5-1-2-11-23-18/h1-2,5-9,11,17H,3-4,10,12-15H2,(H,26,27)/t17-,22+/m0/s1. The van der Waals surface area contributed by atoms with E-state index in [1.165, 1.54) is 0 Å². The van der Waals surface area contributed by atoms with E-state index in [1.807, 2.05) is 42.5 Å². The van der Waals surface area contributed by atoms with Crippen molar-refractivity contribution in [3.63, 3.8) is 0 Å². The average Bonchev–Trinajstić information content (AvgIpc) is 3.27. The number of carbonyl (C=O) groups is 2. The van der Waals surface area contributed by atoms with Crippen LogP contribution in [0.2, 0.25) is 0 Å². The second-order valence-corrected chi connectivity index (χ2v) is 7.76. The number of rotatable bonds is 6. The molecule has 4 rings (SSSR count). The van der Waals surface area contributed by atoms with Gasteiger partial charge >= 0.3 is 5.97 Å². The Morgan fingerprint density at radius 1 is 1.21 bits per heavy atom. The number of hydrogen-bond acceptors (Lipinski definition) is 4. The first kappa shape index (κ1) is 18.5. The predicted molar refractivity (Wildman–Crippen MR) is 103 cm³/mol. The molecule has 0 bridgehead atoms. The molecule has 2 aromatic rings. The maximum absolute atomic E-state index is 12.7. The quantitative estimate of drug-likeness (QED) is 0.834. The lowest BCUT2D eigenvalue weighted by Crippen LogP contribution is -2.37. The van der Waals surface area contributed by atoms with Gasteiger partial charge in [-0.05, 0) is 48.6 Å².